The number of carbonyl (C=O) groups excluding carboxylic acids is 1. The molecule has 2 aromatic rings. The molecule has 0 spiro atoms. The van der Waals surface area contributed by atoms with Gasteiger partial charge in [-0.1, -0.05) is 0 Å². The zero-order chi connectivity index (χ0) is 15.6. The molecule has 3 heterocycles. The van der Waals surface area contributed by atoms with E-state index in [9.17, 15) is 4.79 Å². The molecule has 4 rings (SSSR count). The predicted octanol–water partition coefficient (Wildman–Crippen LogP) is 1.23. The smallest absolute Gasteiger partial charge is 0.291 e. The van der Waals surface area contributed by atoms with Crippen molar-refractivity contribution >= 4 is 11.7 Å². The standard InChI is InChI=1S/C16H18N6O/c23-16(15-19-4-1-5-20-15)22-9-11-2-3-13(12(11)10-22)21-14-8-17-6-7-18-14/h1,4-8,11-13H,2-3,9-10H2,(H,18,21)/t11-,12+,13-/m1/s1. The lowest BCUT2D eigenvalue weighted by atomic mass is 9.98. The van der Waals surface area contributed by atoms with Crippen molar-refractivity contribution < 1.29 is 4.79 Å². The molecule has 1 N–H and O–H groups in total. The summed E-state index contributed by atoms with van der Waals surface area (Å²) >= 11 is 0. The number of amides is 1. The molecule has 1 amide bonds. The topological polar surface area (TPSA) is 83.9 Å². The first-order chi connectivity index (χ1) is 11.3. The molecule has 1 saturated heterocycles. The van der Waals surface area contributed by atoms with Crippen LogP contribution in [0.25, 0.3) is 0 Å². The molecule has 0 aromatic carbocycles. The summed E-state index contributed by atoms with van der Waals surface area (Å²) in [6, 6.07) is 2.06. The summed E-state index contributed by atoms with van der Waals surface area (Å²) in [6.45, 7) is 1.54. The van der Waals surface area contributed by atoms with Crippen LogP contribution in [0.3, 0.4) is 0 Å². The normalized spacial score (nSPS) is 26.1. The van der Waals surface area contributed by atoms with Crippen molar-refractivity contribution in [3.05, 3.63) is 42.9 Å². The molecule has 2 aliphatic rings. The Morgan fingerprint density at radius 1 is 1.09 bits per heavy atom. The van der Waals surface area contributed by atoms with Gasteiger partial charge in [0.25, 0.3) is 5.91 Å². The second kappa shape index (κ2) is 5.91. The number of aromatic nitrogens is 4. The van der Waals surface area contributed by atoms with Gasteiger partial charge in [-0.2, -0.15) is 0 Å². The van der Waals surface area contributed by atoms with Crippen LogP contribution in [0, 0.1) is 11.8 Å². The summed E-state index contributed by atoms with van der Waals surface area (Å²) in [5.41, 5.74) is 0. The maximum atomic E-state index is 12.5. The molecule has 0 bridgehead atoms. The van der Waals surface area contributed by atoms with Crippen LogP contribution in [0.1, 0.15) is 23.5 Å². The minimum atomic E-state index is -0.0711. The Hall–Kier alpha value is -2.57. The highest BCUT2D eigenvalue weighted by molar-refractivity contribution is 5.90. The van der Waals surface area contributed by atoms with Crippen molar-refractivity contribution in [2.75, 3.05) is 18.4 Å². The van der Waals surface area contributed by atoms with Crippen molar-refractivity contribution in [1.82, 2.24) is 24.8 Å². The van der Waals surface area contributed by atoms with Crippen LogP contribution >= 0.6 is 0 Å². The van der Waals surface area contributed by atoms with Crippen LogP contribution in [0.5, 0.6) is 0 Å². The average molecular weight is 310 g/mol. The molecule has 1 aliphatic heterocycles. The van der Waals surface area contributed by atoms with Crippen molar-refractivity contribution in [3.63, 3.8) is 0 Å². The number of nitrogens with zero attached hydrogens (tertiary/aromatic N) is 5. The van der Waals surface area contributed by atoms with E-state index in [1.807, 2.05) is 4.90 Å². The maximum absolute atomic E-state index is 12.5. The van der Waals surface area contributed by atoms with Crippen molar-refractivity contribution in [3.8, 4) is 0 Å². The van der Waals surface area contributed by atoms with E-state index in [1.165, 1.54) is 0 Å². The molecule has 2 aromatic heterocycles. The molecule has 1 saturated carbocycles. The van der Waals surface area contributed by atoms with Gasteiger partial charge >= 0.3 is 0 Å². The Kier molecular flexibility index (Phi) is 3.61. The number of hydrogen-bond donors (Lipinski definition) is 1. The molecule has 1 aliphatic carbocycles. The quantitative estimate of drug-likeness (QED) is 0.918. The zero-order valence-electron chi connectivity index (χ0n) is 12.7. The molecular formula is C16H18N6O. The zero-order valence-corrected chi connectivity index (χ0v) is 12.7. The van der Waals surface area contributed by atoms with Crippen molar-refractivity contribution in [2.24, 2.45) is 11.8 Å². The molecule has 118 valence electrons. The largest absolute Gasteiger partial charge is 0.366 e. The fraction of sp³-hybridized carbons (Fsp3) is 0.438. The highest BCUT2D eigenvalue weighted by Crippen LogP contribution is 2.39. The summed E-state index contributed by atoms with van der Waals surface area (Å²) < 4.78 is 0. The van der Waals surface area contributed by atoms with E-state index in [0.717, 1.165) is 31.7 Å². The lowest BCUT2D eigenvalue weighted by Gasteiger charge is -2.21. The molecule has 3 atom stereocenters. The first kappa shape index (κ1) is 14.0. The average Bonchev–Trinajstić information content (AvgIpc) is 3.18. The van der Waals surface area contributed by atoms with Gasteiger partial charge in [-0.05, 0) is 24.8 Å². The van der Waals surface area contributed by atoms with Gasteiger partial charge in [-0.15, -0.1) is 0 Å². The molecule has 23 heavy (non-hydrogen) atoms. The Morgan fingerprint density at radius 3 is 2.74 bits per heavy atom. The molecule has 0 unspecified atom stereocenters. The van der Waals surface area contributed by atoms with Gasteiger partial charge < -0.3 is 10.2 Å². The second-order valence-electron chi connectivity index (χ2n) is 6.13. The number of anilines is 1. The fourth-order valence-electron chi connectivity index (χ4n) is 3.72. The Bertz CT molecular complexity index is 679. The first-order valence-corrected chi connectivity index (χ1v) is 7.90. The van der Waals surface area contributed by atoms with Crippen LogP contribution < -0.4 is 5.32 Å². The third-order valence-electron chi connectivity index (χ3n) is 4.80. The van der Waals surface area contributed by atoms with Crippen molar-refractivity contribution in [2.45, 2.75) is 18.9 Å². The van der Waals surface area contributed by atoms with Gasteiger partial charge in [0.1, 0.15) is 5.82 Å². The van der Waals surface area contributed by atoms with Gasteiger partial charge in [-0.3, -0.25) is 9.78 Å². The number of nitrogens with one attached hydrogen (secondary N) is 1. The molecule has 7 heteroatoms. The van der Waals surface area contributed by atoms with Gasteiger partial charge in [-0.25, -0.2) is 15.0 Å². The summed E-state index contributed by atoms with van der Waals surface area (Å²) in [5.74, 6) is 2.00. The first-order valence-electron chi connectivity index (χ1n) is 7.90. The van der Waals surface area contributed by atoms with E-state index in [4.69, 9.17) is 0 Å². The van der Waals surface area contributed by atoms with Crippen LogP contribution in [0.2, 0.25) is 0 Å². The highest BCUT2D eigenvalue weighted by Gasteiger charge is 2.44. The molecule has 2 fully saturated rings. The Balaban J connectivity index is 1.44. The van der Waals surface area contributed by atoms with Gasteiger partial charge in [0, 0.05) is 49.8 Å². The number of rotatable bonds is 3. The highest BCUT2D eigenvalue weighted by atomic mass is 16.2. The van der Waals surface area contributed by atoms with E-state index >= 15 is 0 Å². The second-order valence-corrected chi connectivity index (χ2v) is 6.13. The Morgan fingerprint density at radius 2 is 1.96 bits per heavy atom. The third-order valence-corrected chi connectivity index (χ3v) is 4.80. The molecule has 0 radical (unpaired) electrons. The third kappa shape index (κ3) is 2.74. The van der Waals surface area contributed by atoms with Gasteiger partial charge in [0.2, 0.25) is 5.82 Å². The summed E-state index contributed by atoms with van der Waals surface area (Å²) in [6.07, 6.45) is 10.5. The van der Waals surface area contributed by atoms with E-state index in [2.05, 4.69) is 25.3 Å². The van der Waals surface area contributed by atoms with E-state index in [0.29, 0.717) is 17.9 Å². The minimum Gasteiger partial charge on any atom is -0.366 e. The maximum Gasteiger partial charge on any atom is 0.291 e. The van der Waals surface area contributed by atoms with Crippen LogP contribution in [0.4, 0.5) is 5.82 Å². The fourth-order valence-corrected chi connectivity index (χ4v) is 3.72. The summed E-state index contributed by atoms with van der Waals surface area (Å²) in [4.78, 5) is 30.9. The number of fused-ring (bicyclic) bond motifs is 1. The minimum absolute atomic E-state index is 0.0711. The monoisotopic (exact) mass is 310 g/mol. The van der Waals surface area contributed by atoms with E-state index in [-0.39, 0.29) is 11.7 Å². The lowest BCUT2D eigenvalue weighted by molar-refractivity contribution is 0.0768. The number of hydrogen-bond acceptors (Lipinski definition) is 6. The van der Waals surface area contributed by atoms with Crippen LogP contribution in [0.15, 0.2) is 37.1 Å². The van der Waals surface area contributed by atoms with Crippen molar-refractivity contribution in [1.29, 1.82) is 0 Å². The van der Waals surface area contributed by atoms with Crippen LogP contribution in [-0.4, -0.2) is 49.9 Å². The molecule has 7 nitrogen and oxygen atoms in total. The number of carbonyl (C=O) groups is 1. The van der Waals surface area contributed by atoms with Gasteiger partial charge in [0.15, 0.2) is 0 Å². The lowest BCUT2D eigenvalue weighted by Crippen LogP contribution is -2.34. The molecular weight excluding hydrogens is 292 g/mol. The SMILES string of the molecule is O=C(c1ncccn1)N1C[C@H]2CC[C@@H](Nc3cnccn3)[C@H]2C1. The van der Waals surface area contributed by atoms with Gasteiger partial charge in [0.05, 0.1) is 6.20 Å². The summed E-state index contributed by atoms with van der Waals surface area (Å²) in [7, 11) is 0. The van der Waals surface area contributed by atoms with Crippen LogP contribution in [-0.2, 0) is 0 Å². The summed E-state index contributed by atoms with van der Waals surface area (Å²) in [5, 5.41) is 3.47. The number of likely N-dealkylation sites (tertiary alicyclic amines) is 1. The van der Waals surface area contributed by atoms with E-state index in [1.54, 1.807) is 37.1 Å². The van der Waals surface area contributed by atoms with E-state index < -0.39 is 0 Å². The Labute approximate surface area is 134 Å². The predicted molar refractivity (Wildman–Crippen MR) is 83.6 cm³/mol.